The van der Waals surface area contributed by atoms with Crippen LogP contribution >= 0.6 is 11.6 Å². The highest BCUT2D eigenvalue weighted by Crippen LogP contribution is 2.19. The van der Waals surface area contributed by atoms with E-state index in [-0.39, 0.29) is 16.7 Å². The maximum atomic E-state index is 13.1. The molecule has 5 nitrogen and oxygen atoms in total. The predicted octanol–water partition coefficient (Wildman–Crippen LogP) is 1.53. The summed E-state index contributed by atoms with van der Waals surface area (Å²) in [6.07, 6.45) is 0. The summed E-state index contributed by atoms with van der Waals surface area (Å²) in [5.74, 6) is -0.364. The van der Waals surface area contributed by atoms with Crippen LogP contribution in [0.25, 0.3) is 0 Å². The summed E-state index contributed by atoms with van der Waals surface area (Å²) in [7, 11) is 0. The van der Waals surface area contributed by atoms with E-state index in [0.29, 0.717) is 12.2 Å². The van der Waals surface area contributed by atoms with Gasteiger partial charge in [-0.1, -0.05) is 11.6 Å². The van der Waals surface area contributed by atoms with E-state index in [1.165, 1.54) is 23.1 Å². The van der Waals surface area contributed by atoms with Crippen LogP contribution in [0.3, 0.4) is 0 Å². The zero-order chi connectivity index (χ0) is 17.8. The zero-order valence-corrected chi connectivity index (χ0v) is 14.4. The molecule has 3 rings (SSSR count). The Morgan fingerprint density at radius 3 is 2.52 bits per heavy atom. The van der Waals surface area contributed by atoms with Crippen molar-refractivity contribution in [1.82, 2.24) is 0 Å². The highest BCUT2D eigenvalue weighted by Gasteiger charge is 2.22. The molecule has 0 atom stereocenters. The number of rotatable bonds is 4. The van der Waals surface area contributed by atoms with Crippen LogP contribution in [-0.2, 0) is 4.79 Å². The number of phenolic OH excluding ortho intramolecular Hbond substituents is 1. The number of hydrogen-bond acceptors (Lipinski definition) is 3. The quantitative estimate of drug-likeness (QED) is 0.771. The Morgan fingerprint density at radius 1 is 1.20 bits per heavy atom. The monoisotopic (exact) mass is 364 g/mol. The highest BCUT2D eigenvalue weighted by atomic mass is 35.5. The molecular formula is C18H20ClFN3O2+. The second-order valence-corrected chi connectivity index (χ2v) is 6.51. The van der Waals surface area contributed by atoms with E-state index in [9.17, 15) is 14.3 Å². The molecule has 2 aromatic rings. The number of carbonyl (C=O) groups is 1. The second kappa shape index (κ2) is 7.72. The Hall–Kier alpha value is -2.31. The van der Waals surface area contributed by atoms with Gasteiger partial charge in [-0.3, -0.25) is 4.79 Å². The fourth-order valence-electron chi connectivity index (χ4n) is 2.93. The predicted molar refractivity (Wildman–Crippen MR) is 95.9 cm³/mol. The molecule has 3 N–H and O–H groups in total. The largest absolute Gasteiger partial charge is 0.508 e. The summed E-state index contributed by atoms with van der Waals surface area (Å²) in [6.45, 7) is 3.74. The molecule has 0 radical (unpaired) electrons. The van der Waals surface area contributed by atoms with Crippen molar-refractivity contribution >= 4 is 28.9 Å². The molecule has 0 aliphatic carbocycles. The van der Waals surface area contributed by atoms with Gasteiger partial charge in [0.15, 0.2) is 6.54 Å². The van der Waals surface area contributed by atoms with E-state index in [4.69, 9.17) is 11.6 Å². The van der Waals surface area contributed by atoms with Crippen molar-refractivity contribution in [1.29, 1.82) is 0 Å². The van der Waals surface area contributed by atoms with Crippen LogP contribution in [0.15, 0.2) is 42.5 Å². The highest BCUT2D eigenvalue weighted by molar-refractivity contribution is 6.31. The Morgan fingerprint density at radius 2 is 1.88 bits per heavy atom. The van der Waals surface area contributed by atoms with Crippen LogP contribution in [0.4, 0.5) is 15.8 Å². The summed E-state index contributed by atoms with van der Waals surface area (Å²) in [6, 6.07) is 11.3. The molecule has 1 heterocycles. The minimum absolute atomic E-state index is 0.00680. The standard InChI is InChI=1S/C18H19ClFN3O2/c19-16-11-13(1-6-17(16)20)21-18(25)12-22-7-9-23(10-8-22)14-2-4-15(24)5-3-14/h1-6,11,24H,7-10,12H2,(H,21,25)/p+1. The molecule has 1 saturated heterocycles. The lowest BCUT2D eigenvalue weighted by atomic mass is 10.2. The number of quaternary nitrogens is 1. The smallest absolute Gasteiger partial charge is 0.279 e. The molecular weight excluding hydrogens is 345 g/mol. The fourth-order valence-corrected chi connectivity index (χ4v) is 3.11. The average Bonchev–Trinajstić information content (AvgIpc) is 2.60. The maximum Gasteiger partial charge on any atom is 0.279 e. The lowest BCUT2D eigenvalue weighted by Gasteiger charge is -2.33. The van der Waals surface area contributed by atoms with Crippen molar-refractivity contribution in [3.05, 3.63) is 53.3 Å². The van der Waals surface area contributed by atoms with Gasteiger partial charge in [-0.15, -0.1) is 0 Å². The first kappa shape index (κ1) is 17.5. The number of benzene rings is 2. The van der Waals surface area contributed by atoms with Crippen molar-refractivity contribution in [2.45, 2.75) is 0 Å². The van der Waals surface area contributed by atoms with Gasteiger partial charge >= 0.3 is 0 Å². The van der Waals surface area contributed by atoms with Crippen LogP contribution in [0, 0.1) is 5.82 Å². The van der Waals surface area contributed by atoms with E-state index in [1.54, 1.807) is 12.1 Å². The van der Waals surface area contributed by atoms with Crippen LogP contribution in [0.2, 0.25) is 5.02 Å². The van der Waals surface area contributed by atoms with Gasteiger partial charge in [-0.25, -0.2) is 4.39 Å². The van der Waals surface area contributed by atoms with Crippen molar-refractivity contribution in [2.75, 3.05) is 42.9 Å². The maximum absolute atomic E-state index is 13.1. The van der Waals surface area contributed by atoms with E-state index in [0.717, 1.165) is 31.9 Å². The first-order valence-electron chi connectivity index (χ1n) is 8.14. The van der Waals surface area contributed by atoms with Gasteiger partial charge in [-0.05, 0) is 42.5 Å². The summed E-state index contributed by atoms with van der Waals surface area (Å²) in [4.78, 5) is 15.6. The van der Waals surface area contributed by atoms with Gasteiger partial charge in [0.2, 0.25) is 0 Å². The van der Waals surface area contributed by atoms with Crippen LogP contribution in [0.5, 0.6) is 5.75 Å². The molecule has 1 fully saturated rings. The third-order valence-corrected chi connectivity index (χ3v) is 4.59. The summed E-state index contributed by atoms with van der Waals surface area (Å²) in [5.41, 5.74) is 1.57. The second-order valence-electron chi connectivity index (χ2n) is 6.11. The number of aromatic hydroxyl groups is 1. The number of piperazine rings is 1. The molecule has 1 amide bonds. The van der Waals surface area contributed by atoms with E-state index in [2.05, 4.69) is 10.2 Å². The van der Waals surface area contributed by atoms with Gasteiger partial charge in [0, 0.05) is 11.4 Å². The molecule has 1 aliphatic rings. The van der Waals surface area contributed by atoms with Crippen LogP contribution < -0.4 is 15.1 Å². The zero-order valence-electron chi connectivity index (χ0n) is 13.6. The first-order valence-corrected chi connectivity index (χ1v) is 8.51. The lowest BCUT2D eigenvalue weighted by molar-refractivity contribution is -0.892. The Bertz CT molecular complexity index is 746. The molecule has 0 bridgehead atoms. The molecule has 2 aromatic carbocycles. The van der Waals surface area contributed by atoms with Crippen molar-refractivity contribution in [3.8, 4) is 5.75 Å². The van der Waals surface area contributed by atoms with Crippen molar-refractivity contribution in [3.63, 3.8) is 0 Å². The van der Waals surface area contributed by atoms with Gasteiger partial charge in [-0.2, -0.15) is 0 Å². The molecule has 1 aliphatic heterocycles. The number of nitrogens with one attached hydrogen (secondary N) is 2. The number of nitrogens with zero attached hydrogens (tertiary/aromatic N) is 1. The van der Waals surface area contributed by atoms with Gasteiger partial charge in [0.05, 0.1) is 31.2 Å². The molecule has 0 saturated carbocycles. The summed E-state index contributed by atoms with van der Waals surface area (Å²) < 4.78 is 13.1. The Kier molecular flexibility index (Phi) is 5.40. The average molecular weight is 365 g/mol. The van der Waals surface area contributed by atoms with Gasteiger partial charge in [0.1, 0.15) is 11.6 Å². The number of carbonyl (C=O) groups excluding carboxylic acids is 1. The number of hydrogen-bond donors (Lipinski definition) is 3. The third kappa shape index (κ3) is 4.61. The minimum atomic E-state index is -0.504. The molecule has 132 valence electrons. The topological polar surface area (TPSA) is 57.0 Å². The third-order valence-electron chi connectivity index (χ3n) is 4.30. The van der Waals surface area contributed by atoms with Gasteiger partial charge in [0.25, 0.3) is 5.91 Å². The van der Waals surface area contributed by atoms with Crippen LogP contribution in [0.1, 0.15) is 0 Å². The number of halogens is 2. The SMILES string of the molecule is O=C(C[NH+]1CCN(c2ccc(O)cc2)CC1)Nc1ccc(F)c(Cl)c1. The number of amides is 1. The van der Waals surface area contributed by atoms with Crippen molar-refractivity contribution < 1.29 is 19.2 Å². The summed E-state index contributed by atoms with van der Waals surface area (Å²) >= 11 is 5.72. The lowest BCUT2D eigenvalue weighted by Crippen LogP contribution is -3.15. The molecule has 25 heavy (non-hydrogen) atoms. The van der Waals surface area contributed by atoms with Crippen molar-refractivity contribution in [2.24, 2.45) is 0 Å². The van der Waals surface area contributed by atoms with Gasteiger partial charge < -0.3 is 20.2 Å². The normalized spacial score (nSPS) is 15.2. The van der Waals surface area contributed by atoms with E-state index in [1.807, 2.05) is 12.1 Å². The first-order chi connectivity index (χ1) is 12.0. The number of phenols is 1. The minimum Gasteiger partial charge on any atom is -0.508 e. The summed E-state index contributed by atoms with van der Waals surface area (Å²) in [5, 5.41) is 12.1. The number of anilines is 2. The van der Waals surface area contributed by atoms with Crippen LogP contribution in [-0.4, -0.2) is 43.7 Å². The Balaban J connectivity index is 1.49. The fraction of sp³-hybridized carbons (Fsp3) is 0.278. The van der Waals surface area contributed by atoms with E-state index >= 15 is 0 Å². The molecule has 0 aromatic heterocycles. The Labute approximate surface area is 150 Å². The molecule has 0 spiro atoms. The molecule has 7 heteroatoms. The van der Waals surface area contributed by atoms with E-state index < -0.39 is 5.82 Å². The molecule has 0 unspecified atom stereocenters.